The fraction of sp³-hybridized carbons (Fsp3) is 0.556. The number of nitrogens with zero attached hydrogens (tertiary/aromatic N) is 5. The molecule has 0 atom stereocenters. The molecule has 0 unspecified atom stereocenters. The number of likely N-dealkylation sites (N-methyl/N-ethyl adjacent to an activating group) is 3. The Morgan fingerprint density at radius 2 is 1.82 bits per heavy atom. The van der Waals surface area contributed by atoms with Crippen molar-refractivity contribution in [3.05, 3.63) is 16.7 Å². The Hall–Kier alpha value is -2.17. The number of nitrogens with one attached hydrogen (secondary N) is 1. The Bertz CT molecular complexity index is 738. The average Bonchev–Trinajstić information content (AvgIpc) is 2.99. The van der Waals surface area contributed by atoms with Gasteiger partial charge in [0.15, 0.2) is 0 Å². The summed E-state index contributed by atoms with van der Waals surface area (Å²) >= 11 is 0.855. The quantitative estimate of drug-likeness (QED) is 0.549. The molecule has 1 aliphatic heterocycles. The number of hydrogen-bond acceptors (Lipinski definition) is 9. The zero-order chi connectivity index (χ0) is 20.7. The van der Waals surface area contributed by atoms with E-state index in [2.05, 4.69) is 34.0 Å². The summed E-state index contributed by atoms with van der Waals surface area (Å²) in [5.74, 6) is 0.738. The van der Waals surface area contributed by atoms with Gasteiger partial charge in [-0.2, -0.15) is 4.98 Å². The van der Waals surface area contributed by atoms with E-state index in [0.29, 0.717) is 28.9 Å². The molecule has 1 fully saturated rings. The third-order valence-corrected chi connectivity index (χ3v) is 5.27. The van der Waals surface area contributed by atoms with Crippen LogP contribution >= 0.6 is 11.8 Å². The average molecular weight is 409 g/mol. The Balaban J connectivity index is 2.30. The Morgan fingerprint density at radius 1 is 1.11 bits per heavy atom. The van der Waals surface area contributed by atoms with Gasteiger partial charge in [0, 0.05) is 39.8 Å². The highest BCUT2D eigenvalue weighted by atomic mass is 32.2. The molecule has 28 heavy (non-hydrogen) atoms. The van der Waals surface area contributed by atoms with Crippen LogP contribution in [0.2, 0.25) is 0 Å². The van der Waals surface area contributed by atoms with E-state index >= 15 is 0 Å². The van der Waals surface area contributed by atoms with Crippen molar-refractivity contribution >= 4 is 40.8 Å². The number of hydrogen-bond donors (Lipinski definition) is 2. The van der Waals surface area contributed by atoms with Crippen molar-refractivity contribution in [2.45, 2.75) is 13.8 Å². The molecule has 2 amide bonds. The van der Waals surface area contributed by atoms with Crippen LogP contribution in [0.15, 0.2) is 11.0 Å². The van der Waals surface area contributed by atoms with Crippen molar-refractivity contribution in [3.8, 4) is 0 Å². The monoisotopic (exact) mass is 408 g/mol. The number of aliphatic hydroxyl groups excluding tert-OH is 1. The molecule has 1 saturated heterocycles. The van der Waals surface area contributed by atoms with Crippen LogP contribution in [0, 0.1) is 0 Å². The lowest BCUT2D eigenvalue weighted by Gasteiger charge is -2.25. The molecule has 2 N–H and O–H groups in total. The fourth-order valence-electron chi connectivity index (χ4n) is 2.63. The molecule has 10 heteroatoms. The Morgan fingerprint density at radius 3 is 2.39 bits per heavy atom. The van der Waals surface area contributed by atoms with Gasteiger partial charge >= 0.3 is 0 Å². The largest absolute Gasteiger partial charge is 0.395 e. The molecular weight excluding hydrogens is 380 g/mol. The maximum absolute atomic E-state index is 11.8. The molecule has 9 nitrogen and oxygen atoms in total. The molecule has 0 radical (unpaired) electrons. The number of carbonyl (C=O) groups excluding carboxylic acids is 2. The second-order valence-corrected chi connectivity index (χ2v) is 7.41. The number of aliphatic hydroxyl groups is 1. The van der Waals surface area contributed by atoms with Gasteiger partial charge in [-0.25, -0.2) is 4.98 Å². The Kier molecular flexibility index (Phi) is 8.21. The van der Waals surface area contributed by atoms with E-state index in [1.54, 1.807) is 12.1 Å². The van der Waals surface area contributed by atoms with Crippen LogP contribution in [0.5, 0.6) is 0 Å². The lowest BCUT2D eigenvalue weighted by Crippen LogP contribution is -2.34. The van der Waals surface area contributed by atoms with Crippen molar-refractivity contribution in [2.75, 3.05) is 63.2 Å². The number of anilines is 2. The first kappa shape index (κ1) is 22.1. The summed E-state index contributed by atoms with van der Waals surface area (Å²) in [7, 11) is 3.75. The summed E-state index contributed by atoms with van der Waals surface area (Å²) in [6.45, 7) is 8.25. The number of thioether (sulfide) groups is 1. The molecule has 0 saturated carbocycles. The molecular formula is C18H28N6O3S. The van der Waals surface area contributed by atoms with Crippen molar-refractivity contribution in [2.24, 2.45) is 0 Å². The molecule has 2 heterocycles. The number of aromatic nitrogens is 2. The number of carbonyl (C=O) groups is 2. The van der Waals surface area contributed by atoms with E-state index < -0.39 is 5.91 Å². The second kappa shape index (κ2) is 10.4. The predicted octanol–water partition coefficient (Wildman–Crippen LogP) is 1.01. The maximum Gasteiger partial charge on any atom is 0.290 e. The molecule has 1 aliphatic rings. The summed E-state index contributed by atoms with van der Waals surface area (Å²) in [4.78, 5) is 38.8. The van der Waals surface area contributed by atoms with Gasteiger partial charge in [-0.15, -0.1) is 0 Å². The fourth-order valence-corrected chi connectivity index (χ4v) is 3.30. The van der Waals surface area contributed by atoms with Crippen LogP contribution in [0.4, 0.5) is 16.6 Å². The zero-order valence-electron chi connectivity index (χ0n) is 16.8. The predicted molar refractivity (Wildman–Crippen MR) is 113 cm³/mol. The first-order chi connectivity index (χ1) is 13.4. The van der Waals surface area contributed by atoms with Crippen LogP contribution in [0.3, 0.4) is 0 Å². The molecule has 0 aromatic carbocycles. The second-order valence-electron chi connectivity index (χ2n) is 6.40. The summed E-state index contributed by atoms with van der Waals surface area (Å²) < 4.78 is 0. The molecule has 2 rings (SSSR count). The minimum atomic E-state index is -0.421. The highest BCUT2D eigenvalue weighted by Gasteiger charge is 2.25. The van der Waals surface area contributed by atoms with Gasteiger partial charge in [-0.05, 0) is 30.9 Å². The van der Waals surface area contributed by atoms with Gasteiger partial charge in [-0.3, -0.25) is 14.9 Å². The van der Waals surface area contributed by atoms with Crippen LogP contribution in [0.1, 0.15) is 19.5 Å². The highest BCUT2D eigenvalue weighted by Crippen LogP contribution is 2.26. The smallest absolute Gasteiger partial charge is 0.290 e. The first-order valence-electron chi connectivity index (χ1n) is 9.27. The van der Waals surface area contributed by atoms with E-state index in [4.69, 9.17) is 0 Å². The lowest BCUT2D eigenvalue weighted by atomic mass is 10.3. The number of imide groups is 1. The third kappa shape index (κ3) is 5.91. The highest BCUT2D eigenvalue weighted by molar-refractivity contribution is 8.18. The van der Waals surface area contributed by atoms with E-state index in [1.165, 1.54) is 0 Å². The van der Waals surface area contributed by atoms with E-state index in [1.807, 2.05) is 23.9 Å². The minimum absolute atomic E-state index is 0.00316. The van der Waals surface area contributed by atoms with Crippen LogP contribution in [-0.4, -0.2) is 84.5 Å². The lowest BCUT2D eigenvalue weighted by molar-refractivity contribution is -0.115. The SMILES string of the molecule is CCN(CC)CCN(C)c1nc(/C=C2/SC(=O)NC2=O)cc(N(C)CCO)n1. The van der Waals surface area contributed by atoms with E-state index in [9.17, 15) is 14.7 Å². The summed E-state index contributed by atoms with van der Waals surface area (Å²) in [5.41, 5.74) is 0.534. The van der Waals surface area contributed by atoms with Gasteiger partial charge in [0.05, 0.1) is 17.2 Å². The van der Waals surface area contributed by atoms with Gasteiger partial charge < -0.3 is 19.8 Å². The van der Waals surface area contributed by atoms with Gasteiger partial charge in [-0.1, -0.05) is 13.8 Å². The van der Waals surface area contributed by atoms with Crippen LogP contribution < -0.4 is 15.1 Å². The maximum atomic E-state index is 11.8. The van der Waals surface area contributed by atoms with E-state index in [-0.39, 0.29) is 11.8 Å². The molecule has 0 aliphatic carbocycles. The number of amides is 2. The molecule has 0 bridgehead atoms. The molecule has 0 spiro atoms. The third-order valence-electron chi connectivity index (χ3n) is 4.46. The normalized spacial score (nSPS) is 15.4. The van der Waals surface area contributed by atoms with Crippen molar-refractivity contribution in [3.63, 3.8) is 0 Å². The summed E-state index contributed by atoms with van der Waals surface area (Å²) in [6, 6.07) is 1.74. The standard InChI is InChI=1S/C18H28N6O3S/c1-5-24(6-2)8-7-23(4)17-19-13(11-14-16(26)21-18(27)28-14)12-15(20-17)22(3)9-10-25/h11-12,25H,5-10H2,1-4H3,(H,21,26,27)/b14-11+. The first-order valence-corrected chi connectivity index (χ1v) is 10.1. The van der Waals surface area contributed by atoms with Gasteiger partial charge in [0.25, 0.3) is 11.1 Å². The Labute approximate surface area is 169 Å². The van der Waals surface area contributed by atoms with E-state index in [0.717, 1.165) is 37.9 Å². The van der Waals surface area contributed by atoms with Crippen molar-refractivity contribution < 1.29 is 14.7 Å². The zero-order valence-corrected chi connectivity index (χ0v) is 17.6. The molecule has 1 aromatic rings. The summed E-state index contributed by atoms with van der Waals surface area (Å²) in [5, 5.41) is 11.1. The van der Waals surface area contributed by atoms with Gasteiger partial charge in [0.1, 0.15) is 5.82 Å². The van der Waals surface area contributed by atoms with Gasteiger partial charge in [0.2, 0.25) is 5.95 Å². The van der Waals surface area contributed by atoms with Crippen LogP contribution in [0.25, 0.3) is 6.08 Å². The summed E-state index contributed by atoms with van der Waals surface area (Å²) in [6.07, 6.45) is 1.59. The van der Waals surface area contributed by atoms with Crippen molar-refractivity contribution in [1.82, 2.24) is 20.2 Å². The van der Waals surface area contributed by atoms with Crippen LogP contribution in [-0.2, 0) is 4.79 Å². The molecule has 1 aromatic heterocycles. The van der Waals surface area contributed by atoms with Crippen molar-refractivity contribution in [1.29, 1.82) is 0 Å². The minimum Gasteiger partial charge on any atom is -0.395 e. The topological polar surface area (TPSA) is 102 Å². The number of rotatable bonds is 10. The molecule has 154 valence electrons.